The van der Waals surface area contributed by atoms with Gasteiger partial charge >= 0.3 is 5.97 Å². The van der Waals surface area contributed by atoms with Crippen LogP contribution in [0.2, 0.25) is 0 Å². The minimum Gasteiger partial charge on any atom is -0.480 e. The fourth-order valence-electron chi connectivity index (χ4n) is 4.21. The second kappa shape index (κ2) is 9.91. The Bertz CT molecular complexity index is 1680. The Hall–Kier alpha value is -3.83. The summed E-state index contributed by atoms with van der Waals surface area (Å²) in [4.78, 5) is 20.6. The fourth-order valence-corrected chi connectivity index (χ4v) is 6.66. The quantitative estimate of drug-likeness (QED) is 0.276. The zero-order valence-electron chi connectivity index (χ0n) is 19.8. The third-order valence-corrected chi connectivity index (χ3v) is 8.69. The maximum Gasteiger partial charge on any atom is 0.323 e. The summed E-state index contributed by atoms with van der Waals surface area (Å²) < 4.78 is 45.0. The van der Waals surface area contributed by atoms with Crippen molar-refractivity contribution in [2.75, 3.05) is 4.31 Å². The molecule has 8 nitrogen and oxygen atoms in total. The van der Waals surface area contributed by atoms with Crippen molar-refractivity contribution in [1.82, 2.24) is 14.5 Å². The summed E-state index contributed by atoms with van der Waals surface area (Å²) in [6, 6.07) is 17.2. The second-order valence-corrected chi connectivity index (χ2v) is 11.4. The van der Waals surface area contributed by atoms with Crippen LogP contribution in [0.1, 0.15) is 24.2 Å². The molecule has 11 heteroatoms. The van der Waals surface area contributed by atoms with Crippen LogP contribution in [0, 0.1) is 5.82 Å². The van der Waals surface area contributed by atoms with E-state index in [1.807, 2.05) is 31.2 Å². The summed E-state index contributed by atoms with van der Waals surface area (Å²) in [5, 5.41) is 9.98. The number of anilines is 1. The largest absolute Gasteiger partial charge is 0.480 e. The molecule has 0 saturated heterocycles. The predicted molar refractivity (Wildman–Crippen MR) is 141 cm³/mol. The van der Waals surface area contributed by atoms with E-state index in [0.29, 0.717) is 34.0 Å². The first-order chi connectivity index (χ1) is 17.8. The van der Waals surface area contributed by atoms with Crippen LogP contribution in [0.5, 0.6) is 0 Å². The molecular weight excluding hydrogens is 515 g/mol. The summed E-state index contributed by atoms with van der Waals surface area (Å²) in [7, 11) is -4.10. The van der Waals surface area contributed by atoms with Gasteiger partial charge in [0.2, 0.25) is 0 Å². The average molecular weight is 539 g/mol. The van der Waals surface area contributed by atoms with Gasteiger partial charge in [-0.3, -0.25) is 9.10 Å². The van der Waals surface area contributed by atoms with Crippen LogP contribution in [-0.4, -0.2) is 34.0 Å². The number of nitrogens with zero attached hydrogens (tertiary/aromatic N) is 4. The number of thiazole rings is 1. The average Bonchev–Trinajstić information content (AvgIpc) is 3.43. The van der Waals surface area contributed by atoms with Crippen molar-refractivity contribution in [3.8, 4) is 0 Å². The van der Waals surface area contributed by atoms with Crippen LogP contribution < -0.4 is 4.31 Å². The van der Waals surface area contributed by atoms with Gasteiger partial charge in [-0.05, 0) is 61.0 Å². The molecule has 0 atom stereocenters. The molecule has 190 valence electrons. The molecule has 2 heterocycles. The highest BCUT2D eigenvalue weighted by Gasteiger charge is 2.27. The van der Waals surface area contributed by atoms with E-state index in [9.17, 15) is 22.7 Å². The standard InChI is InChI=1S/C26H23FN4O4S2/c1-2-5-24-28-21-14-18(10-13-22(21)30(24)16-26(32)33)31(37(34,35)19-11-8-17(27)9-12-19)15-25-29-20-6-3-4-7-23(20)36-25/h3-4,6-14H,2,5,15-16H2,1H3,(H,32,33). The first kappa shape index (κ1) is 24.8. The molecule has 0 fully saturated rings. The van der Waals surface area contributed by atoms with Crippen LogP contribution in [-0.2, 0) is 34.3 Å². The predicted octanol–water partition coefficient (Wildman–Crippen LogP) is 5.22. The maximum absolute atomic E-state index is 13.8. The summed E-state index contributed by atoms with van der Waals surface area (Å²) in [5.74, 6) is -0.904. The van der Waals surface area contributed by atoms with Crippen LogP contribution in [0.15, 0.2) is 71.6 Å². The van der Waals surface area contributed by atoms with E-state index >= 15 is 0 Å². The van der Waals surface area contributed by atoms with Gasteiger partial charge in [-0.15, -0.1) is 11.3 Å². The van der Waals surface area contributed by atoms with E-state index in [-0.39, 0.29) is 18.0 Å². The summed E-state index contributed by atoms with van der Waals surface area (Å²) in [5.41, 5.74) is 2.22. The van der Waals surface area contributed by atoms with Crippen LogP contribution in [0.25, 0.3) is 21.3 Å². The molecule has 0 amide bonds. The first-order valence-corrected chi connectivity index (χ1v) is 13.9. The zero-order valence-corrected chi connectivity index (χ0v) is 21.5. The molecule has 0 aliphatic rings. The second-order valence-electron chi connectivity index (χ2n) is 8.47. The number of carboxylic acid groups (broad SMARTS) is 1. The third kappa shape index (κ3) is 4.92. The van der Waals surface area contributed by atoms with E-state index in [4.69, 9.17) is 0 Å². The van der Waals surface area contributed by atoms with Crippen molar-refractivity contribution in [3.63, 3.8) is 0 Å². The van der Waals surface area contributed by atoms with Crippen molar-refractivity contribution >= 4 is 54.3 Å². The molecule has 2 aromatic heterocycles. The number of aryl methyl sites for hydroxylation is 1. The molecule has 0 radical (unpaired) electrons. The maximum atomic E-state index is 13.8. The van der Waals surface area contributed by atoms with Crippen LogP contribution in [0.3, 0.4) is 0 Å². The molecule has 0 aliphatic carbocycles. The zero-order chi connectivity index (χ0) is 26.2. The molecular formula is C26H23FN4O4S2. The van der Waals surface area contributed by atoms with Gasteiger partial charge in [0.15, 0.2) is 0 Å². The van der Waals surface area contributed by atoms with Crippen LogP contribution >= 0.6 is 11.3 Å². The van der Waals surface area contributed by atoms with Crippen molar-refractivity contribution in [2.45, 2.75) is 37.8 Å². The highest BCUT2D eigenvalue weighted by Crippen LogP contribution is 2.32. The number of carboxylic acids is 1. The summed E-state index contributed by atoms with van der Waals surface area (Å²) in [6.45, 7) is 1.70. The van der Waals surface area contributed by atoms with Gasteiger partial charge < -0.3 is 9.67 Å². The number of aromatic nitrogens is 3. The number of hydrogen-bond donors (Lipinski definition) is 1. The lowest BCUT2D eigenvalue weighted by Crippen LogP contribution is -2.30. The normalized spacial score (nSPS) is 11.8. The van der Waals surface area contributed by atoms with Gasteiger partial charge in [-0.1, -0.05) is 19.1 Å². The SMILES string of the molecule is CCCc1nc2cc(N(Cc3nc4ccccc4s3)S(=O)(=O)c3ccc(F)cc3)ccc2n1CC(=O)O. The molecule has 0 aliphatic heterocycles. The molecule has 3 aromatic carbocycles. The van der Waals surface area contributed by atoms with Gasteiger partial charge in [0.25, 0.3) is 10.0 Å². The van der Waals surface area contributed by atoms with E-state index in [2.05, 4.69) is 9.97 Å². The number of fused-ring (bicyclic) bond motifs is 2. The lowest BCUT2D eigenvalue weighted by molar-refractivity contribution is -0.137. The number of aliphatic carboxylic acids is 1. The number of imidazole rings is 1. The molecule has 5 aromatic rings. The van der Waals surface area contributed by atoms with E-state index < -0.39 is 21.8 Å². The third-order valence-electron chi connectivity index (χ3n) is 5.88. The van der Waals surface area contributed by atoms with Gasteiger partial charge in [-0.2, -0.15) is 0 Å². The number of benzene rings is 3. The van der Waals surface area contributed by atoms with Crippen LogP contribution in [0.4, 0.5) is 10.1 Å². The minimum absolute atomic E-state index is 0.0395. The van der Waals surface area contributed by atoms with Gasteiger partial charge in [0, 0.05) is 6.42 Å². The molecule has 0 bridgehead atoms. The molecule has 37 heavy (non-hydrogen) atoms. The Balaban J connectivity index is 1.63. The lowest BCUT2D eigenvalue weighted by atomic mass is 10.2. The Morgan fingerprint density at radius 1 is 1.05 bits per heavy atom. The smallest absolute Gasteiger partial charge is 0.323 e. The number of halogens is 1. The number of carbonyl (C=O) groups is 1. The van der Waals surface area contributed by atoms with Crippen molar-refractivity contribution in [2.24, 2.45) is 0 Å². The first-order valence-electron chi connectivity index (χ1n) is 11.6. The fraction of sp³-hybridized carbons (Fsp3) is 0.192. The number of rotatable bonds is 9. The number of sulfonamides is 1. The topological polar surface area (TPSA) is 105 Å². The van der Waals surface area contributed by atoms with Crippen molar-refractivity contribution in [1.29, 1.82) is 0 Å². The Morgan fingerprint density at radius 2 is 1.81 bits per heavy atom. The highest BCUT2D eigenvalue weighted by molar-refractivity contribution is 7.92. The molecule has 0 saturated carbocycles. The van der Waals surface area contributed by atoms with Gasteiger partial charge in [0.05, 0.1) is 38.4 Å². The van der Waals surface area contributed by atoms with Gasteiger partial charge in [0.1, 0.15) is 23.2 Å². The van der Waals surface area contributed by atoms with Gasteiger partial charge in [-0.25, -0.2) is 22.8 Å². The Morgan fingerprint density at radius 3 is 2.51 bits per heavy atom. The minimum atomic E-state index is -4.10. The van der Waals surface area contributed by atoms with E-state index in [1.54, 1.807) is 22.8 Å². The number of hydrogen-bond acceptors (Lipinski definition) is 6. The molecule has 0 unspecified atom stereocenters. The lowest BCUT2D eigenvalue weighted by Gasteiger charge is -2.23. The van der Waals surface area contributed by atoms with E-state index in [1.165, 1.54) is 27.8 Å². The van der Waals surface area contributed by atoms with Crippen molar-refractivity contribution in [3.05, 3.63) is 83.4 Å². The Kier molecular flexibility index (Phi) is 6.65. The summed E-state index contributed by atoms with van der Waals surface area (Å²) in [6.07, 6.45) is 1.36. The van der Waals surface area contributed by atoms with Crippen molar-refractivity contribution < 1.29 is 22.7 Å². The Labute approximate surface area is 216 Å². The highest BCUT2D eigenvalue weighted by atomic mass is 32.2. The molecule has 5 rings (SSSR count). The monoisotopic (exact) mass is 538 g/mol. The van der Waals surface area contributed by atoms with E-state index in [0.717, 1.165) is 28.8 Å². The number of para-hydroxylation sites is 1. The summed E-state index contributed by atoms with van der Waals surface area (Å²) >= 11 is 1.40. The molecule has 0 spiro atoms. The molecule has 1 N–H and O–H groups in total.